The zero-order valence-electron chi connectivity index (χ0n) is 9.04. The van der Waals surface area contributed by atoms with Crippen molar-refractivity contribution in [3.8, 4) is 0 Å². The summed E-state index contributed by atoms with van der Waals surface area (Å²) in [4.78, 5) is 8.19. The molecule has 0 aliphatic carbocycles. The Morgan fingerprint density at radius 1 is 1.33 bits per heavy atom. The van der Waals surface area contributed by atoms with E-state index in [1.165, 1.54) is 21.8 Å². The number of hydrogen-bond donors (Lipinski definition) is 1. The molecule has 1 aliphatic heterocycles. The van der Waals surface area contributed by atoms with Crippen molar-refractivity contribution in [1.29, 1.82) is 0 Å². The zero-order chi connectivity index (χ0) is 10.4. The standard InChI is InChI=1S/C13H14N2/c1-8-7-9(2)14-13-10-5-3-4-6-11(10)15-12(8)13/h3-6,9,15H,7H2,1-2H3. The Morgan fingerprint density at radius 3 is 3.00 bits per heavy atom. The molecule has 0 fully saturated rings. The molecule has 76 valence electrons. The number of benzene rings is 1. The largest absolute Gasteiger partial charge is 0.353 e. The fourth-order valence-electron chi connectivity index (χ4n) is 2.38. The Balaban J connectivity index is 2.57. The van der Waals surface area contributed by atoms with E-state index in [1.807, 2.05) is 0 Å². The second-order valence-corrected chi connectivity index (χ2v) is 4.36. The van der Waals surface area contributed by atoms with Gasteiger partial charge in [-0.3, -0.25) is 4.99 Å². The van der Waals surface area contributed by atoms with E-state index in [-0.39, 0.29) is 0 Å². The van der Waals surface area contributed by atoms with E-state index in [9.17, 15) is 0 Å². The molecule has 2 heterocycles. The average molecular weight is 198 g/mol. The Morgan fingerprint density at radius 2 is 2.13 bits per heavy atom. The van der Waals surface area contributed by atoms with Gasteiger partial charge in [0.2, 0.25) is 0 Å². The van der Waals surface area contributed by atoms with Crippen LogP contribution in [0.2, 0.25) is 0 Å². The normalized spacial score (nSPS) is 20.1. The third-order valence-corrected chi connectivity index (χ3v) is 3.06. The fourth-order valence-corrected chi connectivity index (χ4v) is 2.38. The first-order chi connectivity index (χ1) is 7.25. The summed E-state index contributed by atoms with van der Waals surface area (Å²) in [5.41, 5.74) is 2.61. The highest BCUT2D eigenvalue weighted by Crippen LogP contribution is 2.12. The summed E-state index contributed by atoms with van der Waals surface area (Å²) in [6.45, 7) is 4.37. The maximum Gasteiger partial charge on any atom is 0.0905 e. The highest BCUT2D eigenvalue weighted by Gasteiger charge is 2.11. The number of nitrogens with one attached hydrogen (secondary N) is 1. The number of nitrogens with zero attached hydrogens (tertiary/aromatic N) is 1. The van der Waals surface area contributed by atoms with Gasteiger partial charge in [-0.15, -0.1) is 0 Å². The molecule has 1 N–H and O–H groups in total. The smallest absolute Gasteiger partial charge is 0.0905 e. The summed E-state index contributed by atoms with van der Waals surface area (Å²) in [6.07, 6.45) is 1.07. The first kappa shape index (κ1) is 8.72. The topological polar surface area (TPSA) is 28.1 Å². The van der Waals surface area contributed by atoms with Crippen molar-refractivity contribution in [2.24, 2.45) is 4.99 Å². The summed E-state index contributed by atoms with van der Waals surface area (Å²) in [7, 11) is 0. The monoisotopic (exact) mass is 198 g/mol. The molecular weight excluding hydrogens is 184 g/mol. The molecule has 0 saturated heterocycles. The third kappa shape index (κ3) is 1.21. The SMILES string of the molecule is CC1=c2[nH]c3ccccc3c2=NC(C)C1. The lowest BCUT2D eigenvalue weighted by atomic mass is 10.1. The number of fused-ring (bicyclic) bond motifs is 3. The molecule has 0 amide bonds. The molecule has 0 spiro atoms. The summed E-state index contributed by atoms with van der Waals surface area (Å²) in [5, 5.41) is 3.63. The minimum Gasteiger partial charge on any atom is -0.353 e. The van der Waals surface area contributed by atoms with Crippen LogP contribution < -0.4 is 10.7 Å². The molecule has 0 radical (unpaired) electrons. The van der Waals surface area contributed by atoms with Gasteiger partial charge in [0.1, 0.15) is 0 Å². The summed E-state index contributed by atoms with van der Waals surface area (Å²) < 4.78 is 0. The number of aromatic nitrogens is 1. The van der Waals surface area contributed by atoms with Crippen LogP contribution in [0.3, 0.4) is 0 Å². The molecule has 0 saturated carbocycles. The maximum atomic E-state index is 4.73. The van der Waals surface area contributed by atoms with Crippen molar-refractivity contribution in [3.05, 3.63) is 35.0 Å². The van der Waals surface area contributed by atoms with Crippen LogP contribution in [-0.4, -0.2) is 11.0 Å². The van der Waals surface area contributed by atoms with E-state index in [1.54, 1.807) is 0 Å². The van der Waals surface area contributed by atoms with Crippen LogP contribution >= 0.6 is 0 Å². The lowest BCUT2D eigenvalue weighted by Crippen LogP contribution is -2.31. The van der Waals surface area contributed by atoms with Gasteiger partial charge in [0.05, 0.1) is 16.7 Å². The maximum absolute atomic E-state index is 4.73. The third-order valence-electron chi connectivity index (χ3n) is 3.06. The minimum atomic E-state index is 0.414. The van der Waals surface area contributed by atoms with Gasteiger partial charge in [0.25, 0.3) is 0 Å². The van der Waals surface area contributed by atoms with E-state index in [0.717, 1.165) is 11.8 Å². The molecule has 1 aromatic heterocycles. The van der Waals surface area contributed by atoms with E-state index in [2.05, 4.69) is 43.1 Å². The quantitative estimate of drug-likeness (QED) is 0.668. The Kier molecular flexibility index (Phi) is 1.72. The predicted octanol–water partition coefficient (Wildman–Crippen LogP) is 1.75. The van der Waals surface area contributed by atoms with Crippen LogP contribution in [0, 0.1) is 0 Å². The number of hydrogen-bond acceptors (Lipinski definition) is 1. The van der Waals surface area contributed by atoms with Crippen LogP contribution in [0.1, 0.15) is 20.3 Å². The van der Waals surface area contributed by atoms with Crippen LogP contribution in [0.5, 0.6) is 0 Å². The number of aromatic amines is 1. The van der Waals surface area contributed by atoms with Gasteiger partial charge in [-0.2, -0.15) is 0 Å². The molecule has 2 heteroatoms. The summed E-state index contributed by atoms with van der Waals surface area (Å²) in [5.74, 6) is 0. The number of H-pyrrole nitrogens is 1. The molecule has 1 unspecified atom stereocenters. The molecule has 3 rings (SSSR count). The van der Waals surface area contributed by atoms with Gasteiger partial charge in [-0.1, -0.05) is 18.2 Å². The van der Waals surface area contributed by atoms with Crippen LogP contribution in [0.15, 0.2) is 29.3 Å². The van der Waals surface area contributed by atoms with Gasteiger partial charge in [-0.05, 0) is 31.9 Å². The van der Waals surface area contributed by atoms with Crippen molar-refractivity contribution >= 4 is 16.5 Å². The highest BCUT2D eigenvalue weighted by atomic mass is 14.8. The Labute approximate surface area is 88.3 Å². The lowest BCUT2D eigenvalue weighted by Gasteiger charge is -2.09. The van der Waals surface area contributed by atoms with E-state index < -0.39 is 0 Å². The zero-order valence-corrected chi connectivity index (χ0v) is 9.04. The van der Waals surface area contributed by atoms with Crippen LogP contribution in [-0.2, 0) is 0 Å². The van der Waals surface area contributed by atoms with Gasteiger partial charge in [0, 0.05) is 10.9 Å². The molecule has 15 heavy (non-hydrogen) atoms. The minimum absolute atomic E-state index is 0.414. The number of rotatable bonds is 0. The van der Waals surface area contributed by atoms with Crippen molar-refractivity contribution in [3.63, 3.8) is 0 Å². The Bertz CT molecular complexity index is 634. The van der Waals surface area contributed by atoms with E-state index in [4.69, 9.17) is 4.99 Å². The molecule has 2 aromatic rings. The first-order valence-corrected chi connectivity index (χ1v) is 5.40. The fraction of sp³-hybridized carbons (Fsp3) is 0.308. The van der Waals surface area contributed by atoms with Crippen molar-refractivity contribution in [2.75, 3.05) is 0 Å². The summed E-state index contributed by atoms with van der Waals surface area (Å²) >= 11 is 0. The van der Waals surface area contributed by atoms with Crippen molar-refractivity contribution < 1.29 is 0 Å². The molecule has 1 aromatic carbocycles. The predicted molar refractivity (Wildman–Crippen MR) is 62.2 cm³/mol. The average Bonchev–Trinajstić information content (AvgIpc) is 2.57. The van der Waals surface area contributed by atoms with E-state index >= 15 is 0 Å². The molecule has 1 aliphatic rings. The second kappa shape index (κ2) is 2.96. The summed E-state index contributed by atoms with van der Waals surface area (Å²) in [6, 6.07) is 8.79. The molecule has 2 nitrogen and oxygen atoms in total. The van der Waals surface area contributed by atoms with Gasteiger partial charge >= 0.3 is 0 Å². The lowest BCUT2D eigenvalue weighted by molar-refractivity contribution is 0.724. The van der Waals surface area contributed by atoms with Gasteiger partial charge < -0.3 is 4.98 Å². The van der Waals surface area contributed by atoms with Crippen molar-refractivity contribution in [2.45, 2.75) is 26.3 Å². The highest BCUT2D eigenvalue weighted by molar-refractivity contribution is 5.79. The number of para-hydroxylation sites is 1. The van der Waals surface area contributed by atoms with Crippen LogP contribution in [0.4, 0.5) is 0 Å². The molecule has 1 atom stereocenters. The van der Waals surface area contributed by atoms with Crippen LogP contribution in [0.25, 0.3) is 16.5 Å². The first-order valence-electron chi connectivity index (χ1n) is 5.40. The van der Waals surface area contributed by atoms with Gasteiger partial charge in [0.15, 0.2) is 0 Å². The second-order valence-electron chi connectivity index (χ2n) is 4.36. The molecular formula is C13H14N2. The van der Waals surface area contributed by atoms with Crippen molar-refractivity contribution in [1.82, 2.24) is 4.98 Å². The Hall–Kier alpha value is -1.57. The van der Waals surface area contributed by atoms with E-state index in [0.29, 0.717) is 6.04 Å². The molecule has 0 bridgehead atoms. The van der Waals surface area contributed by atoms with Gasteiger partial charge in [-0.25, -0.2) is 0 Å².